The number of carbonyl (C=O) groups is 1. The molecule has 5 nitrogen and oxygen atoms in total. The third-order valence-electron chi connectivity index (χ3n) is 1.90. The Morgan fingerprint density at radius 3 is 2.69 bits per heavy atom. The number of ether oxygens (including phenoxy) is 1. The first kappa shape index (κ1) is 10.3. The fourth-order valence-corrected chi connectivity index (χ4v) is 1.17. The van der Waals surface area contributed by atoms with Gasteiger partial charge in [-0.05, 0) is 6.92 Å². The van der Waals surface area contributed by atoms with Crippen molar-refractivity contribution >= 4 is 6.03 Å². The molecule has 1 saturated heterocycles. The van der Waals surface area contributed by atoms with Crippen LogP contribution in [0.4, 0.5) is 4.79 Å². The Morgan fingerprint density at radius 1 is 1.38 bits per heavy atom. The Bertz CT molecular complexity index is 157. The molecule has 76 valence electrons. The molecule has 0 bridgehead atoms. The number of hydrogen-bond acceptors (Lipinski definition) is 3. The quantitative estimate of drug-likeness (QED) is 0.632. The number of morpholine rings is 1. The summed E-state index contributed by atoms with van der Waals surface area (Å²) in [5, 5.41) is 5.45. The molecule has 0 aliphatic carbocycles. The number of carbonyl (C=O) groups excluding carboxylic acids is 1. The summed E-state index contributed by atoms with van der Waals surface area (Å²) in [6, 6.07) is -0.103. The van der Waals surface area contributed by atoms with Crippen LogP contribution in [0.5, 0.6) is 0 Å². The van der Waals surface area contributed by atoms with E-state index in [9.17, 15) is 4.79 Å². The average molecular weight is 187 g/mol. The van der Waals surface area contributed by atoms with Crippen LogP contribution in [0.25, 0.3) is 0 Å². The lowest BCUT2D eigenvalue weighted by atomic mass is 10.4. The van der Waals surface area contributed by atoms with Crippen molar-refractivity contribution in [1.82, 2.24) is 15.5 Å². The zero-order chi connectivity index (χ0) is 9.52. The van der Waals surface area contributed by atoms with E-state index >= 15 is 0 Å². The molecule has 1 fully saturated rings. The molecule has 0 aromatic carbocycles. The van der Waals surface area contributed by atoms with E-state index < -0.39 is 0 Å². The minimum Gasteiger partial charge on any atom is -0.379 e. The molecule has 0 unspecified atom stereocenters. The van der Waals surface area contributed by atoms with E-state index in [1.165, 1.54) is 0 Å². The van der Waals surface area contributed by atoms with Crippen LogP contribution in [0, 0.1) is 0 Å². The zero-order valence-electron chi connectivity index (χ0n) is 8.01. The predicted octanol–water partition coefficient (Wildman–Crippen LogP) is -0.405. The molecule has 5 heteroatoms. The SMILES string of the molecule is CCNC(=O)NCN1CCOCC1. The summed E-state index contributed by atoms with van der Waals surface area (Å²) in [4.78, 5) is 13.2. The highest BCUT2D eigenvalue weighted by atomic mass is 16.5. The second-order valence-electron chi connectivity index (χ2n) is 2.92. The molecule has 13 heavy (non-hydrogen) atoms. The molecular formula is C8H17N3O2. The predicted molar refractivity (Wildman–Crippen MR) is 49.5 cm³/mol. The lowest BCUT2D eigenvalue weighted by molar-refractivity contribution is 0.0355. The van der Waals surface area contributed by atoms with Crippen molar-refractivity contribution in [2.75, 3.05) is 39.5 Å². The topological polar surface area (TPSA) is 53.6 Å². The maximum atomic E-state index is 11.0. The Labute approximate surface area is 78.4 Å². The van der Waals surface area contributed by atoms with Gasteiger partial charge >= 0.3 is 6.03 Å². The molecule has 1 heterocycles. The number of urea groups is 1. The van der Waals surface area contributed by atoms with Crippen LogP contribution in [0.2, 0.25) is 0 Å². The molecule has 0 spiro atoms. The van der Waals surface area contributed by atoms with Gasteiger partial charge in [0.05, 0.1) is 19.9 Å². The molecular weight excluding hydrogens is 170 g/mol. The van der Waals surface area contributed by atoms with Gasteiger partial charge in [0, 0.05) is 19.6 Å². The van der Waals surface area contributed by atoms with Gasteiger partial charge in [0.25, 0.3) is 0 Å². The molecule has 0 aromatic heterocycles. The van der Waals surface area contributed by atoms with E-state index in [0.29, 0.717) is 13.2 Å². The van der Waals surface area contributed by atoms with E-state index in [4.69, 9.17) is 4.74 Å². The Hall–Kier alpha value is -0.810. The van der Waals surface area contributed by atoms with Crippen LogP contribution in [-0.4, -0.2) is 50.4 Å². The molecule has 0 saturated carbocycles. The molecule has 1 aliphatic heterocycles. The monoisotopic (exact) mass is 187 g/mol. The van der Waals surface area contributed by atoms with Gasteiger partial charge in [-0.1, -0.05) is 0 Å². The largest absolute Gasteiger partial charge is 0.379 e. The van der Waals surface area contributed by atoms with Gasteiger partial charge in [-0.2, -0.15) is 0 Å². The van der Waals surface area contributed by atoms with Crippen molar-refractivity contribution in [3.8, 4) is 0 Å². The number of nitrogens with zero attached hydrogens (tertiary/aromatic N) is 1. The van der Waals surface area contributed by atoms with Crippen molar-refractivity contribution < 1.29 is 9.53 Å². The van der Waals surface area contributed by atoms with Crippen LogP contribution < -0.4 is 10.6 Å². The van der Waals surface area contributed by atoms with Crippen LogP contribution in [-0.2, 0) is 4.74 Å². The fourth-order valence-electron chi connectivity index (χ4n) is 1.17. The molecule has 0 radical (unpaired) electrons. The Balaban J connectivity index is 2.06. The maximum absolute atomic E-state index is 11.0. The van der Waals surface area contributed by atoms with Gasteiger partial charge in [0.2, 0.25) is 0 Å². The molecule has 1 rings (SSSR count). The third kappa shape index (κ3) is 4.10. The van der Waals surface area contributed by atoms with Gasteiger partial charge in [0.1, 0.15) is 0 Å². The second-order valence-corrected chi connectivity index (χ2v) is 2.92. The Morgan fingerprint density at radius 2 is 2.08 bits per heavy atom. The van der Waals surface area contributed by atoms with Crippen molar-refractivity contribution in [2.45, 2.75) is 6.92 Å². The van der Waals surface area contributed by atoms with Crippen molar-refractivity contribution in [2.24, 2.45) is 0 Å². The van der Waals surface area contributed by atoms with Gasteiger partial charge in [-0.3, -0.25) is 4.90 Å². The summed E-state index contributed by atoms with van der Waals surface area (Å²) in [7, 11) is 0. The minimum absolute atomic E-state index is 0.103. The minimum atomic E-state index is -0.103. The van der Waals surface area contributed by atoms with Crippen LogP contribution in [0.15, 0.2) is 0 Å². The summed E-state index contributed by atoms with van der Waals surface area (Å²) in [5.74, 6) is 0. The molecule has 0 atom stereocenters. The van der Waals surface area contributed by atoms with Crippen LogP contribution in [0.3, 0.4) is 0 Å². The van der Waals surface area contributed by atoms with Gasteiger partial charge in [-0.25, -0.2) is 4.79 Å². The third-order valence-corrected chi connectivity index (χ3v) is 1.90. The van der Waals surface area contributed by atoms with E-state index in [2.05, 4.69) is 15.5 Å². The van der Waals surface area contributed by atoms with Crippen LogP contribution in [0.1, 0.15) is 6.92 Å². The van der Waals surface area contributed by atoms with E-state index in [-0.39, 0.29) is 6.03 Å². The standard InChI is InChI=1S/C8H17N3O2/c1-2-9-8(12)10-7-11-3-5-13-6-4-11/h2-7H2,1H3,(H2,9,10,12). The molecule has 1 aliphatic rings. The van der Waals surface area contributed by atoms with Gasteiger partial charge < -0.3 is 15.4 Å². The van der Waals surface area contributed by atoms with E-state index in [1.54, 1.807) is 0 Å². The first-order valence-electron chi connectivity index (χ1n) is 4.64. The Kier molecular flexibility index (Phi) is 4.56. The summed E-state index contributed by atoms with van der Waals surface area (Å²) in [6.07, 6.45) is 0. The average Bonchev–Trinajstić information content (AvgIpc) is 2.17. The number of nitrogens with one attached hydrogen (secondary N) is 2. The van der Waals surface area contributed by atoms with Gasteiger partial charge in [-0.15, -0.1) is 0 Å². The lowest BCUT2D eigenvalue weighted by Crippen LogP contribution is -2.46. The molecule has 2 N–H and O–H groups in total. The lowest BCUT2D eigenvalue weighted by Gasteiger charge is -2.26. The highest BCUT2D eigenvalue weighted by molar-refractivity contribution is 5.73. The normalized spacial score (nSPS) is 18.2. The zero-order valence-corrected chi connectivity index (χ0v) is 8.01. The van der Waals surface area contributed by atoms with Crippen molar-refractivity contribution in [3.63, 3.8) is 0 Å². The summed E-state index contributed by atoms with van der Waals surface area (Å²) < 4.78 is 5.18. The highest BCUT2D eigenvalue weighted by Gasteiger charge is 2.10. The summed E-state index contributed by atoms with van der Waals surface area (Å²) in [6.45, 7) is 6.48. The first-order valence-corrected chi connectivity index (χ1v) is 4.64. The van der Waals surface area contributed by atoms with E-state index in [0.717, 1.165) is 26.3 Å². The summed E-state index contributed by atoms with van der Waals surface area (Å²) >= 11 is 0. The fraction of sp³-hybridized carbons (Fsp3) is 0.875. The highest BCUT2D eigenvalue weighted by Crippen LogP contribution is 1.93. The smallest absolute Gasteiger partial charge is 0.315 e. The summed E-state index contributed by atoms with van der Waals surface area (Å²) in [5.41, 5.74) is 0. The number of rotatable bonds is 3. The molecule has 0 aromatic rings. The maximum Gasteiger partial charge on any atom is 0.315 e. The molecule has 2 amide bonds. The van der Waals surface area contributed by atoms with Crippen molar-refractivity contribution in [1.29, 1.82) is 0 Å². The van der Waals surface area contributed by atoms with Gasteiger partial charge in [0.15, 0.2) is 0 Å². The number of amides is 2. The van der Waals surface area contributed by atoms with Crippen molar-refractivity contribution in [3.05, 3.63) is 0 Å². The first-order chi connectivity index (χ1) is 6.33. The van der Waals surface area contributed by atoms with Crippen LogP contribution >= 0.6 is 0 Å². The second kappa shape index (κ2) is 5.77. The number of hydrogen-bond donors (Lipinski definition) is 2. The van der Waals surface area contributed by atoms with E-state index in [1.807, 2.05) is 6.92 Å².